The van der Waals surface area contributed by atoms with Crippen LogP contribution in [0, 0.1) is 11.6 Å². The zero-order valence-electron chi connectivity index (χ0n) is 16.3. The molecule has 4 nitrogen and oxygen atoms in total. The average Bonchev–Trinajstić information content (AvgIpc) is 2.71. The molecule has 6 heteroatoms. The molecule has 1 aliphatic heterocycles. The normalized spacial score (nSPS) is 16.2. The quantitative estimate of drug-likeness (QED) is 0.588. The molecule has 150 valence electrons. The van der Waals surface area contributed by atoms with Gasteiger partial charge in [0.1, 0.15) is 11.6 Å². The Bertz CT molecular complexity index is 771. The zero-order chi connectivity index (χ0) is 19.8. The van der Waals surface area contributed by atoms with Crippen LogP contribution < -0.4 is 10.6 Å². The van der Waals surface area contributed by atoms with E-state index < -0.39 is 11.6 Å². The van der Waals surface area contributed by atoms with Crippen molar-refractivity contribution in [1.29, 1.82) is 0 Å². The number of aliphatic imine (C=N–C) groups is 1. The zero-order valence-corrected chi connectivity index (χ0v) is 16.3. The number of hydrogen-bond donors (Lipinski definition) is 2. The Balaban J connectivity index is 1.52. The molecule has 0 aromatic heterocycles. The van der Waals surface area contributed by atoms with Gasteiger partial charge in [-0.15, -0.1) is 0 Å². The monoisotopic (exact) mass is 386 g/mol. The second-order valence-corrected chi connectivity index (χ2v) is 7.11. The highest BCUT2D eigenvalue weighted by atomic mass is 19.1. The number of piperidine rings is 1. The van der Waals surface area contributed by atoms with Crippen LogP contribution in [0.25, 0.3) is 0 Å². The Labute approximate surface area is 165 Å². The molecule has 28 heavy (non-hydrogen) atoms. The SMILES string of the molecule is CCNC(=NCc1cc(F)ccc1F)NC1CCN(Cc2ccccc2)CC1. The molecule has 2 aromatic carbocycles. The lowest BCUT2D eigenvalue weighted by Crippen LogP contribution is -2.48. The lowest BCUT2D eigenvalue weighted by atomic mass is 10.0. The summed E-state index contributed by atoms with van der Waals surface area (Å²) in [6.45, 7) is 5.81. The summed E-state index contributed by atoms with van der Waals surface area (Å²) in [6.07, 6.45) is 2.04. The topological polar surface area (TPSA) is 39.7 Å². The van der Waals surface area contributed by atoms with Crippen molar-refractivity contribution in [3.05, 3.63) is 71.3 Å². The highest BCUT2D eigenvalue weighted by molar-refractivity contribution is 5.80. The largest absolute Gasteiger partial charge is 0.357 e. The Morgan fingerprint density at radius 2 is 1.86 bits per heavy atom. The Hall–Kier alpha value is -2.47. The minimum atomic E-state index is -0.449. The number of nitrogens with one attached hydrogen (secondary N) is 2. The number of rotatable bonds is 6. The van der Waals surface area contributed by atoms with E-state index in [1.807, 2.05) is 13.0 Å². The Kier molecular flexibility index (Phi) is 7.37. The van der Waals surface area contributed by atoms with Crippen molar-refractivity contribution in [1.82, 2.24) is 15.5 Å². The molecular weight excluding hydrogens is 358 g/mol. The van der Waals surface area contributed by atoms with Crippen LogP contribution >= 0.6 is 0 Å². The molecule has 1 aliphatic rings. The molecule has 0 aliphatic carbocycles. The lowest BCUT2D eigenvalue weighted by molar-refractivity contribution is 0.198. The van der Waals surface area contributed by atoms with Crippen LogP contribution in [0.3, 0.4) is 0 Å². The van der Waals surface area contributed by atoms with Gasteiger partial charge in [0.15, 0.2) is 5.96 Å². The molecule has 0 radical (unpaired) electrons. The summed E-state index contributed by atoms with van der Waals surface area (Å²) in [5, 5.41) is 6.64. The van der Waals surface area contributed by atoms with Gasteiger partial charge >= 0.3 is 0 Å². The molecule has 2 N–H and O–H groups in total. The van der Waals surface area contributed by atoms with Gasteiger partial charge in [-0.3, -0.25) is 4.90 Å². The van der Waals surface area contributed by atoms with Crippen LogP contribution in [0.5, 0.6) is 0 Å². The number of guanidine groups is 1. The van der Waals surface area contributed by atoms with E-state index in [-0.39, 0.29) is 12.1 Å². The third-order valence-corrected chi connectivity index (χ3v) is 4.94. The summed E-state index contributed by atoms with van der Waals surface area (Å²) in [5.41, 5.74) is 1.59. The molecule has 2 aromatic rings. The lowest BCUT2D eigenvalue weighted by Gasteiger charge is -2.33. The third kappa shape index (κ3) is 6.02. The minimum absolute atomic E-state index is 0.103. The fourth-order valence-electron chi connectivity index (χ4n) is 3.42. The molecule has 0 spiro atoms. The van der Waals surface area contributed by atoms with Crippen molar-refractivity contribution < 1.29 is 8.78 Å². The van der Waals surface area contributed by atoms with Crippen LogP contribution in [0.2, 0.25) is 0 Å². The van der Waals surface area contributed by atoms with Gasteiger partial charge in [0.25, 0.3) is 0 Å². The van der Waals surface area contributed by atoms with Crippen molar-refractivity contribution in [2.75, 3.05) is 19.6 Å². The van der Waals surface area contributed by atoms with Crippen LogP contribution in [0.1, 0.15) is 30.9 Å². The summed E-state index contributed by atoms with van der Waals surface area (Å²) < 4.78 is 27.1. The van der Waals surface area contributed by atoms with Crippen LogP contribution in [0.15, 0.2) is 53.5 Å². The van der Waals surface area contributed by atoms with Gasteiger partial charge in [0.2, 0.25) is 0 Å². The van der Waals surface area contributed by atoms with E-state index in [9.17, 15) is 8.78 Å². The maximum Gasteiger partial charge on any atom is 0.191 e. The van der Waals surface area contributed by atoms with Gasteiger partial charge < -0.3 is 10.6 Å². The molecule has 1 saturated heterocycles. The Morgan fingerprint density at radius 1 is 1.11 bits per heavy atom. The predicted molar refractivity (Wildman–Crippen MR) is 109 cm³/mol. The fourth-order valence-corrected chi connectivity index (χ4v) is 3.42. The molecule has 3 rings (SSSR count). The van der Waals surface area contributed by atoms with Crippen LogP contribution in [-0.4, -0.2) is 36.5 Å². The fraction of sp³-hybridized carbons (Fsp3) is 0.409. The number of nitrogens with zero attached hydrogens (tertiary/aromatic N) is 2. The molecule has 1 fully saturated rings. The van der Waals surface area contributed by atoms with Crippen LogP contribution in [0.4, 0.5) is 8.78 Å². The van der Waals surface area contributed by atoms with Gasteiger partial charge in [0, 0.05) is 37.8 Å². The molecule has 0 unspecified atom stereocenters. The van der Waals surface area contributed by atoms with E-state index >= 15 is 0 Å². The summed E-state index contributed by atoms with van der Waals surface area (Å²) in [7, 11) is 0. The van der Waals surface area contributed by atoms with E-state index in [0.717, 1.165) is 44.6 Å². The van der Waals surface area contributed by atoms with Gasteiger partial charge in [-0.2, -0.15) is 0 Å². The summed E-state index contributed by atoms with van der Waals surface area (Å²) in [6, 6.07) is 14.3. The van der Waals surface area contributed by atoms with Crippen molar-refractivity contribution in [2.24, 2.45) is 4.99 Å². The number of benzene rings is 2. The first-order chi connectivity index (χ1) is 13.6. The van der Waals surface area contributed by atoms with Gasteiger partial charge in [-0.25, -0.2) is 13.8 Å². The first kappa shape index (κ1) is 20.3. The summed E-state index contributed by atoms with van der Waals surface area (Å²) >= 11 is 0. The molecule has 0 atom stereocenters. The predicted octanol–water partition coefficient (Wildman–Crippen LogP) is 3.68. The van der Waals surface area contributed by atoms with Gasteiger partial charge in [-0.05, 0) is 43.5 Å². The summed E-state index contributed by atoms with van der Waals surface area (Å²) in [5.74, 6) is -0.238. The van der Waals surface area contributed by atoms with E-state index in [1.165, 1.54) is 11.6 Å². The molecule has 0 amide bonds. The third-order valence-electron chi connectivity index (χ3n) is 4.94. The maximum absolute atomic E-state index is 13.8. The standard InChI is InChI=1S/C22H28F2N4/c1-2-25-22(26-15-18-14-19(23)8-9-21(18)24)27-20-10-12-28(13-11-20)16-17-6-4-3-5-7-17/h3-9,14,20H,2,10-13,15-16H2,1H3,(H2,25,26,27). The van der Waals surface area contributed by atoms with E-state index in [4.69, 9.17) is 0 Å². The molecule has 1 heterocycles. The number of likely N-dealkylation sites (tertiary alicyclic amines) is 1. The highest BCUT2D eigenvalue weighted by Crippen LogP contribution is 2.14. The maximum atomic E-state index is 13.8. The van der Waals surface area contributed by atoms with Crippen molar-refractivity contribution in [3.63, 3.8) is 0 Å². The second-order valence-electron chi connectivity index (χ2n) is 7.11. The van der Waals surface area contributed by atoms with Gasteiger partial charge in [-0.1, -0.05) is 30.3 Å². The minimum Gasteiger partial charge on any atom is -0.357 e. The van der Waals surface area contributed by atoms with Crippen molar-refractivity contribution in [2.45, 2.75) is 38.9 Å². The van der Waals surface area contributed by atoms with Crippen molar-refractivity contribution in [3.8, 4) is 0 Å². The Morgan fingerprint density at radius 3 is 2.57 bits per heavy atom. The van der Waals surface area contributed by atoms with E-state index in [0.29, 0.717) is 18.5 Å². The highest BCUT2D eigenvalue weighted by Gasteiger charge is 2.20. The smallest absolute Gasteiger partial charge is 0.191 e. The summed E-state index contributed by atoms with van der Waals surface area (Å²) in [4.78, 5) is 6.90. The number of halogens is 2. The number of hydrogen-bond acceptors (Lipinski definition) is 2. The second kappa shape index (κ2) is 10.2. The van der Waals surface area contributed by atoms with Crippen LogP contribution in [-0.2, 0) is 13.1 Å². The first-order valence-corrected chi connectivity index (χ1v) is 9.89. The first-order valence-electron chi connectivity index (χ1n) is 9.89. The van der Waals surface area contributed by atoms with E-state index in [1.54, 1.807) is 0 Å². The van der Waals surface area contributed by atoms with E-state index in [2.05, 4.69) is 44.8 Å². The van der Waals surface area contributed by atoms with Crippen molar-refractivity contribution >= 4 is 5.96 Å². The van der Waals surface area contributed by atoms with Gasteiger partial charge in [0.05, 0.1) is 6.54 Å². The molecule has 0 bridgehead atoms. The molecule has 0 saturated carbocycles. The molecular formula is C22H28F2N4. The average molecular weight is 386 g/mol.